The van der Waals surface area contributed by atoms with E-state index in [4.69, 9.17) is 18.9 Å². The van der Waals surface area contributed by atoms with E-state index in [1.165, 1.54) is 13.2 Å². The second-order valence-corrected chi connectivity index (χ2v) is 6.69. The van der Waals surface area contributed by atoms with E-state index in [1.807, 2.05) is 0 Å². The van der Waals surface area contributed by atoms with E-state index in [-0.39, 0.29) is 22.3 Å². The van der Waals surface area contributed by atoms with Gasteiger partial charge in [-0.25, -0.2) is 19.2 Å². The number of aryl methyl sites for hydroxylation is 1. The summed E-state index contributed by atoms with van der Waals surface area (Å²) in [6, 6.07) is 1.39. The standard InChI is InChI=1S/C22H30O8/c1-6-7-8-9-10-11-12-14-13-15(19(23)27-2)17(21(25)29-4)18(22(26)30-5)16(14)20(24)28-3/h13H,6-12H2,1-5H3. The highest BCUT2D eigenvalue weighted by atomic mass is 16.5. The summed E-state index contributed by atoms with van der Waals surface area (Å²) < 4.78 is 19.2. The predicted octanol–water partition coefficient (Wildman–Crippen LogP) is 3.74. The smallest absolute Gasteiger partial charge is 0.339 e. The zero-order valence-electron chi connectivity index (χ0n) is 18.3. The molecule has 0 unspecified atom stereocenters. The molecule has 1 rings (SSSR count). The number of carbonyl (C=O) groups is 4. The molecule has 1 aromatic carbocycles. The van der Waals surface area contributed by atoms with E-state index in [1.54, 1.807) is 0 Å². The summed E-state index contributed by atoms with van der Waals surface area (Å²) >= 11 is 0. The third-order valence-electron chi connectivity index (χ3n) is 4.78. The van der Waals surface area contributed by atoms with Gasteiger partial charge in [0.15, 0.2) is 0 Å². The number of ether oxygens (including phenoxy) is 4. The Bertz CT molecular complexity index is 782. The second kappa shape index (κ2) is 12.6. The van der Waals surface area contributed by atoms with E-state index in [2.05, 4.69) is 6.92 Å². The lowest BCUT2D eigenvalue weighted by Gasteiger charge is -2.18. The Balaban J connectivity index is 3.61. The van der Waals surface area contributed by atoms with E-state index in [0.717, 1.165) is 59.9 Å². The maximum atomic E-state index is 12.6. The third kappa shape index (κ3) is 6.05. The lowest BCUT2D eigenvalue weighted by molar-refractivity contribution is 0.0520. The van der Waals surface area contributed by atoms with Gasteiger partial charge < -0.3 is 18.9 Å². The summed E-state index contributed by atoms with van der Waals surface area (Å²) in [5, 5.41) is 0. The lowest BCUT2D eigenvalue weighted by atomic mass is 9.88. The Kier molecular flexibility index (Phi) is 10.6. The number of hydrogen-bond donors (Lipinski definition) is 0. The van der Waals surface area contributed by atoms with Crippen LogP contribution in [0.1, 0.15) is 92.4 Å². The normalized spacial score (nSPS) is 10.3. The Morgan fingerprint density at radius 2 is 1.10 bits per heavy atom. The molecule has 0 saturated carbocycles. The van der Waals surface area contributed by atoms with Gasteiger partial charge in [-0.3, -0.25) is 0 Å². The maximum absolute atomic E-state index is 12.6. The van der Waals surface area contributed by atoms with Crippen LogP contribution in [0.25, 0.3) is 0 Å². The van der Waals surface area contributed by atoms with Crippen molar-refractivity contribution in [3.05, 3.63) is 33.9 Å². The predicted molar refractivity (Wildman–Crippen MR) is 109 cm³/mol. The highest BCUT2D eigenvalue weighted by Crippen LogP contribution is 2.28. The topological polar surface area (TPSA) is 105 Å². The Morgan fingerprint density at radius 3 is 1.63 bits per heavy atom. The van der Waals surface area contributed by atoms with Crippen LogP contribution in [-0.4, -0.2) is 52.3 Å². The lowest BCUT2D eigenvalue weighted by Crippen LogP contribution is -2.24. The highest BCUT2D eigenvalue weighted by Gasteiger charge is 2.34. The molecule has 0 radical (unpaired) electrons. The van der Waals surface area contributed by atoms with E-state index in [0.29, 0.717) is 12.0 Å². The molecule has 0 bridgehead atoms. The molecule has 166 valence electrons. The van der Waals surface area contributed by atoms with Crippen molar-refractivity contribution < 1.29 is 38.1 Å². The van der Waals surface area contributed by atoms with Crippen molar-refractivity contribution in [1.29, 1.82) is 0 Å². The molecule has 0 saturated heterocycles. The van der Waals surface area contributed by atoms with Gasteiger partial charge in [0.05, 0.1) is 50.7 Å². The quantitative estimate of drug-likeness (QED) is 0.302. The summed E-state index contributed by atoms with van der Waals surface area (Å²) in [4.78, 5) is 49.9. The molecule has 8 heteroatoms. The molecule has 30 heavy (non-hydrogen) atoms. The van der Waals surface area contributed by atoms with Crippen molar-refractivity contribution in [1.82, 2.24) is 0 Å². The van der Waals surface area contributed by atoms with Crippen molar-refractivity contribution in [3.8, 4) is 0 Å². The molecule has 0 aliphatic carbocycles. The Labute approximate surface area is 176 Å². The fourth-order valence-corrected chi connectivity index (χ4v) is 3.26. The van der Waals surface area contributed by atoms with E-state index < -0.39 is 23.9 Å². The molecular weight excluding hydrogens is 392 g/mol. The summed E-state index contributed by atoms with van der Waals surface area (Å²) in [5.41, 5.74) is -0.612. The molecule has 0 spiro atoms. The fourth-order valence-electron chi connectivity index (χ4n) is 3.26. The summed E-state index contributed by atoms with van der Waals surface area (Å²) in [6.07, 6.45) is 6.49. The van der Waals surface area contributed by atoms with Crippen molar-refractivity contribution >= 4 is 23.9 Å². The van der Waals surface area contributed by atoms with Crippen LogP contribution in [-0.2, 0) is 25.4 Å². The molecule has 0 heterocycles. The van der Waals surface area contributed by atoms with Crippen LogP contribution in [0, 0.1) is 0 Å². The van der Waals surface area contributed by atoms with Crippen molar-refractivity contribution in [2.45, 2.75) is 51.9 Å². The van der Waals surface area contributed by atoms with Crippen molar-refractivity contribution in [3.63, 3.8) is 0 Å². The van der Waals surface area contributed by atoms with Crippen LogP contribution in [0.15, 0.2) is 6.07 Å². The fraction of sp³-hybridized carbons (Fsp3) is 0.545. The first-order valence-corrected chi connectivity index (χ1v) is 9.90. The first-order valence-electron chi connectivity index (χ1n) is 9.90. The van der Waals surface area contributed by atoms with Crippen LogP contribution in [0.5, 0.6) is 0 Å². The first-order chi connectivity index (χ1) is 14.4. The van der Waals surface area contributed by atoms with E-state index >= 15 is 0 Å². The maximum Gasteiger partial charge on any atom is 0.339 e. The van der Waals surface area contributed by atoms with Gasteiger partial charge in [-0.1, -0.05) is 39.0 Å². The van der Waals surface area contributed by atoms with Gasteiger partial charge in [-0.15, -0.1) is 0 Å². The Hall–Kier alpha value is -2.90. The molecule has 0 amide bonds. The molecule has 1 aromatic rings. The van der Waals surface area contributed by atoms with Gasteiger partial charge in [0.1, 0.15) is 0 Å². The number of benzene rings is 1. The van der Waals surface area contributed by atoms with Gasteiger partial charge in [0.25, 0.3) is 0 Å². The van der Waals surface area contributed by atoms with Crippen LogP contribution in [0.3, 0.4) is 0 Å². The molecule has 0 aliphatic heterocycles. The van der Waals surface area contributed by atoms with Crippen LogP contribution < -0.4 is 0 Å². The molecule has 0 N–H and O–H groups in total. The number of carbonyl (C=O) groups excluding carboxylic acids is 4. The van der Waals surface area contributed by atoms with Gasteiger partial charge in [-0.2, -0.15) is 0 Å². The Morgan fingerprint density at radius 1 is 0.633 bits per heavy atom. The minimum Gasteiger partial charge on any atom is -0.465 e. The summed E-state index contributed by atoms with van der Waals surface area (Å²) in [6.45, 7) is 2.13. The number of methoxy groups -OCH3 is 4. The third-order valence-corrected chi connectivity index (χ3v) is 4.78. The largest absolute Gasteiger partial charge is 0.465 e. The molecule has 0 aromatic heterocycles. The zero-order chi connectivity index (χ0) is 22.7. The minimum absolute atomic E-state index is 0.106. The van der Waals surface area contributed by atoms with Crippen LogP contribution in [0.2, 0.25) is 0 Å². The van der Waals surface area contributed by atoms with Gasteiger partial charge in [0, 0.05) is 0 Å². The number of esters is 4. The summed E-state index contributed by atoms with van der Waals surface area (Å²) in [5.74, 6) is -3.56. The van der Waals surface area contributed by atoms with Gasteiger partial charge in [-0.05, 0) is 24.5 Å². The van der Waals surface area contributed by atoms with Crippen LogP contribution >= 0.6 is 0 Å². The summed E-state index contributed by atoms with van der Waals surface area (Å²) in [7, 11) is 4.54. The molecule has 0 aliphatic rings. The number of rotatable bonds is 11. The van der Waals surface area contributed by atoms with Gasteiger partial charge in [0.2, 0.25) is 0 Å². The van der Waals surface area contributed by atoms with Crippen molar-refractivity contribution in [2.75, 3.05) is 28.4 Å². The highest BCUT2D eigenvalue weighted by molar-refractivity contribution is 6.15. The number of unbranched alkanes of at least 4 members (excludes halogenated alkanes) is 5. The van der Waals surface area contributed by atoms with Gasteiger partial charge >= 0.3 is 23.9 Å². The van der Waals surface area contributed by atoms with E-state index in [9.17, 15) is 19.2 Å². The SMILES string of the molecule is CCCCCCCCc1cc(C(=O)OC)c(C(=O)OC)c(C(=O)OC)c1C(=O)OC. The van der Waals surface area contributed by atoms with Crippen LogP contribution in [0.4, 0.5) is 0 Å². The minimum atomic E-state index is -0.966. The molecule has 0 fully saturated rings. The monoisotopic (exact) mass is 422 g/mol. The first kappa shape index (κ1) is 25.1. The number of hydrogen-bond acceptors (Lipinski definition) is 8. The average molecular weight is 422 g/mol. The average Bonchev–Trinajstić information content (AvgIpc) is 2.77. The van der Waals surface area contributed by atoms with Crippen molar-refractivity contribution in [2.24, 2.45) is 0 Å². The molecule has 8 nitrogen and oxygen atoms in total. The zero-order valence-corrected chi connectivity index (χ0v) is 18.3. The second-order valence-electron chi connectivity index (χ2n) is 6.69. The molecule has 0 atom stereocenters. The molecular formula is C22H30O8.